The van der Waals surface area contributed by atoms with Crippen molar-refractivity contribution >= 4 is 29.1 Å². The van der Waals surface area contributed by atoms with Crippen LogP contribution in [-0.2, 0) is 14.3 Å². The van der Waals surface area contributed by atoms with Gasteiger partial charge in [-0.25, -0.2) is 4.79 Å². The van der Waals surface area contributed by atoms with Crippen LogP contribution in [0.25, 0.3) is 5.76 Å². The number of aliphatic hydroxyl groups excluding tert-OH is 1. The van der Waals surface area contributed by atoms with E-state index in [1.54, 1.807) is 73.7 Å². The van der Waals surface area contributed by atoms with Crippen LogP contribution in [0, 0.1) is 0 Å². The number of Topliss-reactive ketones (excluding diaryl/α,β-unsaturated/α-hetero) is 1. The van der Waals surface area contributed by atoms with Crippen molar-refractivity contribution in [1.82, 2.24) is 0 Å². The Bertz CT molecular complexity index is 1180. The van der Waals surface area contributed by atoms with Crippen molar-refractivity contribution in [3.05, 3.63) is 107 Å². The van der Waals surface area contributed by atoms with Crippen molar-refractivity contribution in [2.75, 3.05) is 11.5 Å². The number of esters is 1. The lowest BCUT2D eigenvalue weighted by molar-refractivity contribution is -0.132. The number of hydrogen-bond acceptors (Lipinski definition) is 5. The predicted octanol–water partition coefficient (Wildman–Crippen LogP) is 4.49. The molecule has 0 aromatic heterocycles. The Labute approximate surface area is 185 Å². The first-order chi connectivity index (χ1) is 15.5. The molecule has 1 aliphatic heterocycles. The molecule has 1 fully saturated rings. The zero-order chi connectivity index (χ0) is 22.7. The van der Waals surface area contributed by atoms with Gasteiger partial charge in [-0.15, -0.1) is 0 Å². The topological polar surface area (TPSA) is 83.9 Å². The SMILES string of the molecule is CCOC(=O)c1ccc(N2C(=O)C(=O)C(=C(O)c3ccccc3)[C@@H]2c2ccccc2)cc1. The Morgan fingerprint density at radius 3 is 2.06 bits per heavy atom. The normalized spacial score (nSPS) is 17.4. The molecule has 6 heteroatoms. The van der Waals surface area contributed by atoms with E-state index in [9.17, 15) is 19.5 Å². The highest BCUT2D eigenvalue weighted by atomic mass is 16.5. The van der Waals surface area contributed by atoms with Gasteiger partial charge in [0.2, 0.25) is 0 Å². The molecule has 0 saturated carbocycles. The standard InChI is InChI=1S/C26H21NO5/c1-2-32-26(31)19-13-15-20(16-14-19)27-22(17-9-5-3-6-10-17)21(24(29)25(27)30)23(28)18-11-7-4-8-12-18/h3-16,22,28H,2H2,1H3/t22-/m0/s1. The Morgan fingerprint density at radius 2 is 1.47 bits per heavy atom. The van der Waals surface area contributed by atoms with E-state index in [0.29, 0.717) is 22.4 Å². The fourth-order valence-electron chi connectivity index (χ4n) is 3.77. The van der Waals surface area contributed by atoms with Gasteiger partial charge in [-0.2, -0.15) is 0 Å². The number of rotatable bonds is 5. The van der Waals surface area contributed by atoms with Crippen molar-refractivity contribution in [3.63, 3.8) is 0 Å². The van der Waals surface area contributed by atoms with E-state index in [-0.39, 0.29) is 17.9 Å². The molecular weight excluding hydrogens is 406 g/mol. The molecule has 1 N–H and O–H groups in total. The molecule has 6 nitrogen and oxygen atoms in total. The van der Waals surface area contributed by atoms with Crippen molar-refractivity contribution in [2.45, 2.75) is 13.0 Å². The lowest BCUT2D eigenvalue weighted by Gasteiger charge is -2.25. The van der Waals surface area contributed by atoms with Crippen LogP contribution in [0.15, 0.2) is 90.5 Å². The van der Waals surface area contributed by atoms with Crippen molar-refractivity contribution in [2.24, 2.45) is 0 Å². The third-order valence-electron chi connectivity index (χ3n) is 5.26. The molecule has 1 aliphatic rings. The summed E-state index contributed by atoms with van der Waals surface area (Å²) in [6.07, 6.45) is 0. The molecule has 4 rings (SSSR count). The smallest absolute Gasteiger partial charge is 0.338 e. The Balaban J connectivity index is 1.84. The zero-order valence-corrected chi connectivity index (χ0v) is 17.4. The summed E-state index contributed by atoms with van der Waals surface area (Å²) in [7, 11) is 0. The van der Waals surface area contributed by atoms with Crippen LogP contribution < -0.4 is 4.90 Å². The van der Waals surface area contributed by atoms with E-state index in [2.05, 4.69) is 0 Å². The first kappa shape index (κ1) is 21.1. The maximum Gasteiger partial charge on any atom is 0.338 e. The highest BCUT2D eigenvalue weighted by molar-refractivity contribution is 6.51. The molecule has 160 valence electrons. The number of amides is 1. The fourth-order valence-corrected chi connectivity index (χ4v) is 3.77. The minimum atomic E-state index is -0.815. The number of ether oxygens (including phenoxy) is 1. The molecular formula is C26H21NO5. The Morgan fingerprint density at radius 1 is 0.875 bits per heavy atom. The van der Waals surface area contributed by atoms with Crippen LogP contribution in [-0.4, -0.2) is 29.4 Å². The number of carbonyl (C=O) groups excluding carboxylic acids is 3. The van der Waals surface area contributed by atoms with Crippen molar-refractivity contribution in [3.8, 4) is 0 Å². The van der Waals surface area contributed by atoms with Gasteiger partial charge in [-0.3, -0.25) is 14.5 Å². The van der Waals surface area contributed by atoms with E-state index >= 15 is 0 Å². The zero-order valence-electron chi connectivity index (χ0n) is 17.4. The third kappa shape index (κ3) is 3.78. The lowest BCUT2D eigenvalue weighted by Crippen LogP contribution is -2.29. The molecule has 1 saturated heterocycles. The summed E-state index contributed by atoms with van der Waals surface area (Å²) in [5.41, 5.74) is 1.92. The molecule has 1 atom stereocenters. The van der Waals surface area contributed by atoms with E-state index in [1.165, 1.54) is 4.90 Å². The molecule has 0 radical (unpaired) electrons. The number of anilines is 1. The monoisotopic (exact) mass is 427 g/mol. The predicted molar refractivity (Wildman–Crippen MR) is 120 cm³/mol. The summed E-state index contributed by atoms with van der Waals surface area (Å²) in [5, 5.41) is 11.0. The molecule has 0 unspecified atom stereocenters. The van der Waals surface area contributed by atoms with Crippen molar-refractivity contribution < 1.29 is 24.2 Å². The molecule has 32 heavy (non-hydrogen) atoms. The van der Waals surface area contributed by atoms with Gasteiger partial charge in [0, 0.05) is 11.3 Å². The van der Waals surface area contributed by atoms with Crippen LogP contribution in [0.3, 0.4) is 0 Å². The first-order valence-corrected chi connectivity index (χ1v) is 10.2. The molecule has 0 aliphatic carbocycles. The number of ketones is 1. The lowest BCUT2D eigenvalue weighted by atomic mass is 9.95. The minimum absolute atomic E-state index is 0.0156. The number of aliphatic hydroxyl groups is 1. The molecule has 0 bridgehead atoms. The maximum atomic E-state index is 13.1. The summed E-state index contributed by atoms with van der Waals surface area (Å²) in [5.74, 6) is -2.22. The van der Waals surface area contributed by atoms with E-state index in [4.69, 9.17) is 4.74 Å². The highest BCUT2D eigenvalue weighted by Gasteiger charge is 2.46. The average molecular weight is 427 g/mol. The molecule has 3 aromatic rings. The number of carbonyl (C=O) groups is 3. The minimum Gasteiger partial charge on any atom is -0.507 e. The number of hydrogen-bond donors (Lipinski definition) is 1. The van der Waals surface area contributed by atoms with E-state index in [1.807, 2.05) is 18.2 Å². The summed E-state index contributed by atoms with van der Waals surface area (Å²) in [6, 6.07) is 23.2. The third-order valence-corrected chi connectivity index (χ3v) is 5.26. The summed E-state index contributed by atoms with van der Waals surface area (Å²) in [6.45, 7) is 1.97. The first-order valence-electron chi connectivity index (χ1n) is 10.2. The largest absolute Gasteiger partial charge is 0.507 e. The van der Waals surface area contributed by atoms with Crippen LogP contribution >= 0.6 is 0 Å². The molecule has 3 aromatic carbocycles. The molecule has 0 spiro atoms. The van der Waals surface area contributed by atoms with Crippen LogP contribution in [0.5, 0.6) is 0 Å². The van der Waals surface area contributed by atoms with E-state index < -0.39 is 23.7 Å². The molecule has 1 amide bonds. The Hall–Kier alpha value is -4.19. The summed E-state index contributed by atoms with van der Waals surface area (Å²) >= 11 is 0. The van der Waals surface area contributed by atoms with Gasteiger partial charge in [0.05, 0.1) is 23.8 Å². The Kier molecular flexibility index (Phi) is 5.85. The second kappa shape index (κ2) is 8.89. The summed E-state index contributed by atoms with van der Waals surface area (Å²) < 4.78 is 5.01. The number of benzene rings is 3. The molecule has 1 heterocycles. The second-order valence-electron chi connectivity index (χ2n) is 7.21. The van der Waals surface area contributed by atoms with E-state index in [0.717, 1.165) is 0 Å². The summed E-state index contributed by atoms with van der Waals surface area (Å²) in [4.78, 5) is 39.5. The number of nitrogens with zero attached hydrogens (tertiary/aromatic N) is 1. The van der Waals surface area contributed by atoms with Gasteiger partial charge in [0.25, 0.3) is 11.7 Å². The van der Waals surface area contributed by atoms with Gasteiger partial charge in [0.1, 0.15) is 5.76 Å². The maximum absolute atomic E-state index is 13.1. The van der Waals surface area contributed by atoms with Crippen LogP contribution in [0.2, 0.25) is 0 Å². The second-order valence-corrected chi connectivity index (χ2v) is 7.21. The van der Waals surface area contributed by atoms with Gasteiger partial charge < -0.3 is 9.84 Å². The average Bonchev–Trinajstić information content (AvgIpc) is 3.10. The van der Waals surface area contributed by atoms with Crippen LogP contribution in [0.4, 0.5) is 5.69 Å². The van der Waals surface area contributed by atoms with Gasteiger partial charge in [0.15, 0.2) is 0 Å². The quantitative estimate of drug-likeness (QED) is 0.281. The van der Waals surface area contributed by atoms with Crippen molar-refractivity contribution in [1.29, 1.82) is 0 Å². The van der Waals surface area contributed by atoms with Gasteiger partial charge >= 0.3 is 5.97 Å². The van der Waals surface area contributed by atoms with Crippen LogP contribution in [0.1, 0.15) is 34.5 Å². The highest BCUT2D eigenvalue weighted by Crippen LogP contribution is 2.42. The fraction of sp³-hybridized carbons (Fsp3) is 0.115. The van der Waals surface area contributed by atoms with Gasteiger partial charge in [-0.05, 0) is 36.8 Å². The van der Waals surface area contributed by atoms with Gasteiger partial charge in [-0.1, -0.05) is 60.7 Å².